The number of hydrogen-bond donors (Lipinski definition) is 1. The maximum Gasteiger partial charge on any atom is 0.335 e. The van der Waals surface area contributed by atoms with Gasteiger partial charge in [0.2, 0.25) is 0 Å². The van der Waals surface area contributed by atoms with Crippen LogP contribution in [0.1, 0.15) is 10.4 Å². The van der Waals surface area contributed by atoms with Crippen LogP contribution in [0.4, 0.5) is 5.69 Å². The first-order valence-corrected chi connectivity index (χ1v) is 5.80. The first kappa shape index (κ1) is 12.1. The van der Waals surface area contributed by atoms with E-state index in [4.69, 9.17) is 9.84 Å². The van der Waals surface area contributed by atoms with Crippen LogP contribution in [0.2, 0.25) is 0 Å². The molecule has 0 radical (unpaired) electrons. The van der Waals surface area contributed by atoms with Gasteiger partial charge >= 0.3 is 5.97 Å². The van der Waals surface area contributed by atoms with Crippen LogP contribution in [0.3, 0.4) is 0 Å². The Morgan fingerprint density at radius 2 is 2.24 bits per heavy atom. The molecule has 1 aromatic rings. The Morgan fingerprint density at radius 1 is 1.47 bits per heavy atom. The number of hydrogen-bond acceptors (Lipinski definition) is 3. The maximum absolute atomic E-state index is 11.7. The van der Waals surface area contributed by atoms with Gasteiger partial charge in [-0.25, -0.2) is 4.79 Å². The molecule has 90 valence electrons. The van der Waals surface area contributed by atoms with E-state index in [1.54, 1.807) is 6.07 Å². The topological polar surface area (TPSA) is 66.8 Å². The summed E-state index contributed by atoms with van der Waals surface area (Å²) in [7, 11) is 0. The molecule has 0 spiro atoms. The third-order valence-corrected chi connectivity index (χ3v) is 3.14. The van der Waals surface area contributed by atoms with Gasteiger partial charge in [-0.2, -0.15) is 0 Å². The molecule has 0 aliphatic carbocycles. The van der Waals surface area contributed by atoms with Gasteiger partial charge in [-0.15, -0.1) is 0 Å². The summed E-state index contributed by atoms with van der Waals surface area (Å²) in [5.41, 5.74) is 0.723. The van der Waals surface area contributed by atoms with Crippen LogP contribution < -0.4 is 4.90 Å². The van der Waals surface area contributed by atoms with E-state index in [-0.39, 0.29) is 18.1 Å². The van der Waals surface area contributed by atoms with Crippen molar-refractivity contribution in [2.45, 2.75) is 0 Å². The fraction of sp³-hybridized carbons (Fsp3) is 0.273. The zero-order chi connectivity index (χ0) is 12.4. The lowest BCUT2D eigenvalue weighted by Gasteiger charge is -2.27. The number of morpholine rings is 1. The van der Waals surface area contributed by atoms with Gasteiger partial charge in [0.15, 0.2) is 0 Å². The third-order valence-electron chi connectivity index (χ3n) is 2.47. The molecule has 1 heterocycles. The predicted molar refractivity (Wildman–Crippen MR) is 64.3 cm³/mol. The maximum atomic E-state index is 11.7. The number of carboxylic acids is 1. The lowest BCUT2D eigenvalue weighted by atomic mass is 10.2. The summed E-state index contributed by atoms with van der Waals surface area (Å²) in [5, 5.41) is 8.92. The summed E-state index contributed by atoms with van der Waals surface area (Å²) in [6.07, 6.45) is 0. The quantitative estimate of drug-likeness (QED) is 0.899. The van der Waals surface area contributed by atoms with Crippen LogP contribution in [-0.4, -0.2) is 36.7 Å². The lowest BCUT2D eigenvalue weighted by Crippen LogP contribution is -2.41. The van der Waals surface area contributed by atoms with Crippen LogP contribution in [0.15, 0.2) is 22.7 Å². The van der Waals surface area contributed by atoms with E-state index < -0.39 is 5.97 Å². The van der Waals surface area contributed by atoms with Crippen molar-refractivity contribution in [3.8, 4) is 0 Å². The zero-order valence-corrected chi connectivity index (χ0v) is 10.4. The second-order valence-electron chi connectivity index (χ2n) is 3.57. The molecule has 1 amide bonds. The molecule has 1 saturated heterocycles. The standard InChI is InChI=1S/C11H10BrNO4/c12-8-2-1-7(11(15)16)5-9(8)13-3-4-17-6-10(13)14/h1-2,5H,3-4,6H2,(H,15,16). The van der Waals surface area contributed by atoms with E-state index in [0.29, 0.717) is 23.3 Å². The van der Waals surface area contributed by atoms with Gasteiger partial charge in [-0.1, -0.05) is 0 Å². The van der Waals surface area contributed by atoms with Gasteiger partial charge in [0.1, 0.15) is 6.61 Å². The van der Waals surface area contributed by atoms with Crippen LogP contribution in [-0.2, 0) is 9.53 Å². The largest absolute Gasteiger partial charge is 0.478 e. The van der Waals surface area contributed by atoms with Crippen molar-refractivity contribution in [1.29, 1.82) is 0 Å². The van der Waals surface area contributed by atoms with E-state index >= 15 is 0 Å². The van der Waals surface area contributed by atoms with Crippen LogP contribution >= 0.6 is 15.9 Å². The molecule has 5 nitrogen and oxygen atoms in total. The molecule has 1 N–H and O–H groups in total. The summed E-state index contributed by atoms with van der Waals surface area (Å²) in [6, 6.07) is 4.60. The molecule has 17 heavy (non-hydrogen) atoms. The first-order valence-electron chi connectivity index (χ1n) is 5.00. The average Bonchev–Trinajstić information content (AvgIpc) is 2.30. The second kappa shape index (κ2) is 4.85. The summed E-state index contributed by atoms with van der Waals surface area (Å²) in [4.78, 5) is 24.1. The number of halogens is 1. The Bertz CT molecular complexity index is 475. The number of ether oxygens (including phenoxy) is 1. The molecule has 0 atom stereocenters. The number of carboxylic acid groups (broad SMARTS) is 1. The van der Waals surface area contributed by atoms with Crippen molar-refractivity contribution >= 4 is 33.5 Å². The monoisotopic (exact) mass is 299 g/mol. The highest BCUT2D eigenvalue weighted by Crippen LogP contribution is 2.28. The molecule has 0 saturated carbocycles. The van der Waals surface area contributed by atoms with Crippen molar-refractivity contribution < 1.29 is 19.4 Å². The summed E-state index contributed by atoms with van der Waals surface area (Å²) < 4.78 is 5.72. The van der Waals surface area contributed by atoms with Gasteiger partial charge in [0, 0.05) is 11.0 Å². The molecule has 1 aliphatic heterocycles. The molecule has 1 fully saturated rings. The van der Waals surface area contributed by atoms with Crippen molar-refractivity contribution in [3.05, 3.63) is 28.2 Å². The zero-order valence-electron chi connectivity index (χ0n) is 8.85. The number of anilines is 1. The number of benzene rings is 1. The summed E-state index contributed by atoms with van der Waals surface area (Å²) in [6.45, 7) is 0.916. The first-order chi connectivity index (χ1) is 8.09. The fourth-order valence-corrected chi connectivity index (χ4v) is 2.09. The van der Waals surface area contributed by atoms with Crippen LogP contribution in [0.25, 0.3) is 0 Å². The molecule has 6 heteroatoms. The molecule has 1 aromatic carbocycles. The SMILES string of the molecule is O=C(O)c1ccc(Br)c(N2CCOCC2=O)c1. The highest BCUT2D eigenvalue weighted by molar-refractivity contribution is 9.10. The molecular weight excluding hydrogens is 290 g/mol. The van der Waals surface area contributed by atoms with Crippen molar-refractivity contribution in [2.24, 2.45) is 0 Å². The molecule has 0 unspecified atom stereocenters. The smallest absolute Gasteiger partial charge is 0.335 e. The van der Waals surface area contributed by atoms with E-state index in [9.17, 15) is 9.59 Å². The second-order valence-corrected chi connectivity index (χ2v) is 4.42. The minimum Gasteiger partial charge on any atom is -0.478 e. The Kier molecular flexibility index (Phi) is 3.44. The Hall–Kier alpha value is -1.40. The summed E-state index contributed by atoms with van der Waals surface area (Å²) in [5.74, 6) is -1.18. The molecular formula is C11H10BrNO4. The van der Waals surface area contributed by atoms with Crippen LogP contribution in [0, 0.1) is 0 Å². The van der Waals surface area contributed by atoms with Gasteiger partial charge in [-0.3, -0.25) is 4.79 Å². The van der Waals surface area contributed by atoms with Crippen molar-refractivity contribution in [2.75, 3.05) is 24.7 Å². The minimum atomic E-state index is -1.01. The molecule has 0 bridgehead atoms. The molecule has 2 rings (SSSR count). The van der Waals surface area contributed by atoms with E-state index in [1.807, 2.05) is 0 Å². The predicted octanol–water partition coefficient (Wildman–Crippen LogP) is 1.51. The number of amides is 1. The number of rotatable bonds is 2. The highest BCUT2D eigenvalue weighted by atomic mass is 79.9. The highest BCUT2D eigenvalue weighted by Gasteiger charge is 2.22. The van der Waals surface area contributed by atoms with Crippen LogP contribution in [0.5, 0.6) is 0 Å². The Morgan fingerprint density at radius 3 is 2.88 bits per heavy atom. The fourth-order valence-electron chi connectivity index (χ4n) is 1.63. The number of nitrogens with zero attached hydrogens (tertiary/aromatic N) is 1. The summed E-state index contributed by atoms with van der Waals surface area (Å²) >= 11 is 3.31. The molecule has 1 aliphatic rings. The normalized spacial score (nSPS) is 16.1. The van der Waals surface area contributed by atoms with Gasteiger partial charge in [0.05, 0.1) is 17.9 Å². The van der Waals surface area contributed by atoms with Crippen molar-refractivity contribution in [3.63, 3.8) is 0 Å². The number of carbonyl (C=O) groups excluding carboxylic acids is 1. The number of carbonyl (C=O) groups is 2. The van der Waals surface area contributed by atoms with E-state index in [0.717, 1.165) is 0 Å². The third kappa shape index (κ3) is 2.48. The van der Waals surface area contributed by atoms with E-state index in [2.05, 4.69) is 15.9 Å². The van der Waals surface area contributed by atoms with Gasteiger partial charge < -0.3 is 14.7 Å². The lowest BCUT2D eigenvalue weighted by molar-refractivity contribution is -0.125. The van der Waals surface area contributed by atoms with E-state index in [1.165, 1.54) is 17.0 Å². The number of aromatic carboxylic acids is 1. The molecule has 0 aromatic heterocycles. The Balaban J connectivity index is 2.39. The minimum absolute atomic E-state index is 0.0315. The van der Waals surface area contributed by atoms with Crippen molar-refractivity contribution in [1.82, 2.24) is 0 Å². The Labute approximate surface area is 106 Å². The van der Waals surface area contributed by atoms with Gasteiger partial charge in [0.25, 0.3) is 5.91 Å². The average molecular weight is 300 g/mol. The van der Waals surface area contributed by atoms with Gasteiger partial charge in [-0.05, 0) is 34.1 Å².